The Bertz CT molecular complexity index is 2950. The Morgan fingerprint density at radius 2 is 1.16 bits per heavy atom. The van der Waals surface area contributed by atoms with E-state index in [0.717, 1.165) is 41.2 Å². The van der Waals surface area contributed by atoms with Crippen LogP contribution >= 0.6 is 0 Å². The van der Waals surface area contributed by atoms with E-state index >= 15 is 0 Å². The zero-order valence-corrected chi connectivity index (χ0v) is 32.9. The van der Waals surface area contributed by atoms with Crippen LogP contribution < -0.4 is 15.0 Å². The van der Waals surface area contributed by atoms with Crippen molar-refractivity contribution in [3.05, 3.63) is 181 Å². The van der Waals surface area contributed by atoms with E-state index in [2.05, 4.69) is 193 Å². The van der Waals surface area contributed by atoms with Gasteiger partial charge in [0.25, 0.3) is 0 Å². The molecule has 0 aliphatic carbocycles. The van der Waals surface area contributed by atoms with Gasteiger partial charge < -0.3 is 9.80 Å². The lowest BCUT2D eigenvalue weighted by atomic mass is 9.91. The van der Waals surface area contributed by atoms with E-state index in [1.165, 1.54) is 65.6 Å². The molecule has 268 valence electrons. The molecule has 1 aliphatic heterocycles. The van der Waals surface area contributed by atoms with E-state index in [-0.39, 0.29) is 0 Å². The van der Waals surface area contributed by atoms with Gasteiger partial charge in [-0.3, -0.25) is 0 Å². The average molecular weight is 736 g/mol. The van der Waals surface area contributed by atoms with Crippen LogP contribution in [0.5, 0.6) is 0 Å². The molecule has 10 rings (SSSR count). The number of nitrogens with zero attached hydrogens (tertiary/aromatic N) is 3. The van der Waals surface area contributed by atoms with Crippen molar-refractivity contribution in [1.29, 1.82) is 5.26 Å². The maximum atomic E-state index is 9.78. The van der Waals surface area contributed by atoms with Gasteiger partial charge in [-0.1, -0.05) is 134 Å². The standard InChI is InChI=1S/C52H41N3Si/c1-56(2,3)45-23-15-37(16-24-45)42-31-41(36-9-5-4-6-10-36)32-44(33-42)55(43-21-13-35(34-53)14-22-43)50-28-20-40-17-25-46-49(54-30-29-38-11-7-8-12-48(38)54)27-19-39-18-26-47(50)52(40)51(39)46/h4-28,31-33H,29-30H2,1-3H3. The Morgan fingerprint density at radius 1 is 0.536 bits per heavy atom. The molecule has 4 heteroatoms. The van der Waals surface area contributed by atoms with Gasteiger partial charge in [0.05, 0.1) is 25.4 Å². The highest BCUT2D eigenvalue weighted by Gasteiger charge is 2.25. The summed E-state index contributed by atoms with van der Waals surface area (Å²) in [5, 5.41) is 18.7. The van der Waals surface area contributed by atoms with E-state index in [1.807, 2.05) is 12.1 Å². The Hall–Kier alpha value is -6.67. The van der Waals surface area contributed by atoms with Gasteiger partial charge in [-0.2, -0.15) is 5.26 Å². The van der Waals surface area contributed by atoms with Crippen molar-refractivity contribution in [3.63, 3.8) is 0 Å². The molecule has 0 radical (unpaired) electrons. The van der Waals surface area contributed by atoms with E-state index in [1.54, 1.807) is 0 Å². The molecule has 9 aromatic rings. The number of rotatable bonds is 7. The number of nitriles is 1. The monoisotopic (exact) mass is 735 g/mol. The molecule has 0 unspecified atom stereocenters. The van der Waals surface area contributed by atoms with Crippen LogP contribution in [0.25, 0.3) is 54.6 Å². The van der Waals surface area contributed by atoms with Crippen LogP contribution in [0.15, 0.2) is 170 Å². The Labute approximate surface area is 329 Å². The van der Waals surface area contributed by atoms with Crippen molar-refractivity contribution in [2.45, 2.75) is 26.1 Å². The first-order valence-electron chi connectivity index (χ1n) is 19.5. The minimum atomic E-state index is -1.46. The summed E-state index contributed by atoms with van der Waals surface area (Å²) in [6.07, 6.45) is 1.05. The molecular weight excluding hydrogens is 695 g/mol. The molecule has 9 aromatic carbocycles. The van der Waals surface area contributed by atoms with Gasteiger partial charge in [0.1, 0.15) is 0 Å². The third-order valence-electron chi connectivity index (χ3n) is 11.7. The van der Waals surface area contributed by atoms with Crippen LogP contribution in [-0.2, 0) is 6.42 Å². The summed E-state index contributed by atoms with van der Waals surface area (Å²) < 4.78 is 0. The molecule has 0 fully saturated rings. The second-order valence-electron chi connectivity index (χ2n) is 16.1. The largest absolute Gasteiger partial charge is 0.340 e. The van der Waals surface area contributed by atoms with Crippen molar-refractivity contribution >= 4 is 74.0 Å². The molecule has 0 N–H and O–H groups in total. The van der Waals surface area contributed by atoms with E-state index in [4.69, 9.17) is 0 Å². The molecule has 3 nitrogen and oxygen atoms in total. The second kappa shape index (κ2) is 13.3. The van der Waals surface area contributed by atoms with Gasteiger partial charge >= 0.3 is 0 Å². The molecule has 0 aromatic heterocycles. The normalized spacial score (nSPS) is 12.7. The first kappa shape index (κ1) is 33.9. The van der Waals surface area contributed by atoms with Crippen molar-refractivity contribution in [2.75, 3.05) is 16.3 Å². The molecule has 0 atom stereocenters. The van der Waals surface area contributed by atoms with Crippen LogP contribution in [0.1, 0.15) is 11.1 Å². The highest BCUT2D eigenvalue weighted by atomic mass is 28.3. The van der Waals surface area contributed by atoms with Crippen LogP contribution in [0.4, 0.5) is 28.4 Å². The fraction of sp³-hybridized carbons (Fsp3) is 0.0962. The van der Waals surface area contributed by atoms with Gasteiger partial charge in [-0.25, -0.2) is 0 Å². The second-order valence-corrected chi connectivity index (χ2v) is 21.2. The summed E-state index contributed by atoms with van der Waals surface area (Å²) in [7, 11) is -1.46. The predicted molar refractivity (Wildman–Crippen MR) is 241 cm³/mol. The number of benzene rings is 9. The Morgan fingerprint density at radius 3 is 1.88 bits per heavy atom. The summed E-state index contributed by atoms with van der Waals surface area (Å²) in [6, 6.07) is 64.4. The molecule has 0 spiro atoms. The van der Waals surface area contributed by atoms with Gasteiger partial charge in [-0.15, -0.1) is 0 Å². The first-order valence-corrected chi connectivity index (χ1v) is 23.0. The lowest BCUT2D eigenvalue weighted by Gasteiger charge is -2.29. The van der Waals surface area contributed by atoms with E-state index in [9.17, 15) is 5.26 Å². The molecular formula is C52H41N3Si. The smallest absolute Gasteiger partial charge is 0.0991 e. The molecule has 56 heavy (non-hydrogen) atoms. The average Bonchev–Trinajstić information content (AvgIpc) is 3.67. The molecule has 0 bridgehead atoms. The number of hydrogen-bond donors (Lipinski definition) is 0. The predicted octanol–water partition coefficient (Wildman–Crippen LogP) is 13.5. The SMILES string of the molecule is C[Si](C)(C)c1ccc(-c2cc(-c3ccccc3)cc(N(c3ccc(C#N)cc3)c3ccc4ccc5c(N6CCc7ccccc76)ccc6ccc3c4c65)c2)cc1. The van der Waals surface area contributed by atoms with Crippen molar-refractivity contribution in [3.8, 4) is 28.3 Å². The fourth-order valence-electron chi connectivity index (χ4n) is 8.77. The topological polar surface area (TPSA) is 30.3 Å². The highest BCUT2D eigenvalue weighted by Crippen LogP contribution is 2.48. The van der Waals surface area contributed by atoms with Gasteiger partial charge in [0.15, 0.2) is 0 Å². The van der Waals surface area contributed by atoms with Gasteiger partial charge in [0.2, 0.25) is 0 Å². The van der Waals surface area contributed by atoms with Gasteiger partial charge in [-0.05, 0) is 116 Å². The van der Waals surface area contributed by atoms with E-state index in [0.29, 0.717) is 5.56 Å². The summed E-state index contributed by atoms with van der Waals surface area (Å²) in [4.78, 5) is 4.88. The molecule has 0 saturated heterocycles. The number of para-hydroxylation sites is 1. The van der Waals surface area contributed by atoms with Crippen LogP contribution in [0, 0.1) is 11.3 Å². The number of fused-ring (bicyclic) bond motifs is 1. The fourth-order valence-corrected chi connectivity index (χ4v) is 9.93. The third-order valence-corrected chi connectivity index (χ3v) is 13.7. The summed E-state index contributed by atoms with van der Waals surface area (Å²) in [5.74, 6) is 0. The van der Waals surface area contributed by atoms with Gasteiger partial charge in [0, 0.05) is 40.1 Å². The first-order chi connectivity index (χ1) is 27.3. The maximum absolute atomic E-state index is 9.78. The van der Waals surface area contributed by atoms with Crippen molar-refractivity contribution in [1.82, 2.24) is 0 Å². The quantitative estimate of drug-likeness (QED) is 0.121. The molecule has 0 amide bonds. The highest BCUT2D eigenvalue weighted by molar-refractivity contribution is 6.88. The maximum Gasteiger partial charge on any atom is 0.0991 e. The van der Waals surface area contributed by atoms with Crippen molar-refractivity contribution in [2.24, 2.45) is 0 Å². The lowest BCUT2D eigenvalue weighted by Crippen LogP contribution is -2.37. The number of hydrogen-bond acceptors (Lipinski definition) is 3. The molecule has 1 heterocycles. The third kappa shape index (κ3) is 5.71. The summed E-state index contributed by atoms with van der Waals surface area (Å²) in [6.45, 7) is 8.17. The molecule has 1 aliphatic rings. The zero-order chi connectivity index (χ0) is 38.0. The van der Waals surface area contributed by atoms with E-state index < -0.39 is 8.07 Å². The van der Waals surface area contributed by atoms with Crippen LogP contribution in [0.3, 0.4) is 0 Å². The molecule has 0 saturated carbocycles. The minimum Gasteiger partial charge on any atom is -0.340 e. The Balaban J connectivity index is 1.21. The van der Waals surface area contributed by atoms with Crippen LogP contribution in [0.2, 0.25) is 19.6 Å². The minimum absolute atomic E-state index is 0.640. The summed E-state index contributed by atoms with van der Waals surface area (Å²) in [5.41, 5.74) is 12.4. The zero-order valence-electron chi connectivity index (χ0n) is 31.9. The summed E-state index contributed by atoms with van der Waals surface area (Å²) >= 11 is 0. The van der Waals surface area contributed by atoms with Crippen LogP contribution in [-0.4, -0.2) is 14.6 Å². The Kier molecular flexibility index (Phi) is 8.02. The number of anilines is 5. The lowest BCUT2D eigenvalue weighted by molar-refractivity contribution is 1.00. The van der Waals surface area contributed by atoms with Crippen molar-refractivity contribution < 1.29 is 0 Å².